The van der Waals surface area contributed by atoms with E-state index in [1.807, 2.05) is 0 Å². The van der Waals surface area contributed by atoms with E-state index in [2.05, 4.69) is 232 Å². The van der Waals surface area contributed by atoms with Crippen molar-refractivity contribution in [3.63, 3.8) is 0 Å². The maximum Gasteiger partial charge on any atom is 0.0960 e. The van der Waals surface area contributed by atoms with Gasteiger partial charge in [-0.05, 0) is 138 Å². The first kappa shape index (κ1) is 36.5. The summed E-state index contributed by atoms with van der Waals surface area (Å²) in [6.07, 6.45) is 1.92. The zero-order valence-corrected chi connectivity index (χ0v) is 36.3. The lowest BCUT2D eigenvalue weighted by atomic mass is 9.82. The second-order valence-electron chi connectivity index (χ2n) is 18.6. The van der Waals surface area contributed by atoms with Crippen LogP contribution >= 0.6 is 0 Å². The monoisotopic (exact) mass is 808 g/mol. The molecule has 3 aliphatic rings. The highest BCUT2D eigenvalue weighted by molar-refractivity contribution is 6.15. The summed E-state index contributed by atoms with van der Waals surface area (Å²) in [5.41, 5.74) is 15.7. The third-order valence-corrected chi connectivity index (χ3v) is 15.4. The summed E-state index contributed by atoms with van der Waals surface area (Å²) in [5.74, 6) is 0. The van der Waals surface area contributed by atoms with Crippen LogP contribution in [0.2, 0.25) is 0 Å². The molecule has 13 rings (SSSR count). The fourth-order valence-corrected chi connectivity index (χ4v) is 12.3. The molecule has 0 saturated heterocycles. The summed E-state index contributed by atoms with van der Waals surface area (Å²) in [7, 11) is 0. The van der Waals surface area contributed by atoms with E-state index in [1.54, 1.807) is 0 Å². The predicted octanol–water partition coefficient (Wildman–Crippen LogP) is 16.2. The average molecular weight is 809 g/mol. The quantitative estimate of drug-likeness (QED) is 0.141. The number of para-hydroxylation sites is 2. The first-order valence-electron chi connectivity index (χ1n) is 22.8. The van der Waals surface area contributed by atoms with Crippen molar-refractivity contribution >= 4 is 65.8 Å². The van der Waals surface area contributed by atoms with Gasteiger partial charge in [0, 0.05) is 27.6 Å². The van der Waals surface area contributed by atoms with E-state index in [4.69, 9.17) is 0 Å². The molecule has 0 N–H and O–H groups in total. The van der Waals surface area contributed by atoms with Crippen molar-refractivity contribution in [2.45, 2.75) is 57.0 Å². The molecule has 0 radical (unpaired) electrons. The van der Waals surface area contributed by atoms with Gasteiger partial charge in [0.05, 0.1) is 22.5 Å². The molecule has 0 bridgehead atoms. The summed E-state index contributed by atoms with van der Waals surface area (Å²) in [5, 5.41) is 10.3. The highest BCUT2D eigenvalue weighted by Crippen LogP contribution is 2.67. The van der Waals surface area contributed by atoms with Gasteiger partial charge in [0.2, 0.25) is 0 Å². The predicted molar refractivity (Wildman–Crippen MR) is 266 cm³/mol. The molecule has 10 aromatic carbocycles. The molecule has 2 unspecified atom stereocenters. The third-order valence-electron chi connectivity index (χ3n) is 15.4. The van der Waals surface area contributed by atoms with Crippen LogP contribution in [0, 0.1) is 0 Å². The van der Waals surface area contributed by atoms with Crippen LogP contribution in [-0.4, -0.2) is 0 Å². The molecule has 0 amide bonds. The van der Waals surface area contributed by atoms with E-state index in [0.29, 0.717) is 0 Å². The van der Waals surface area contributed by atoms with Gasteiger partial charge in [-0.25, -0.2) is 0 Å². The van der Waals surface area contributed by atoms with E-state index in [1.165, 1.54) is 110 Å². The summed E-state index contributed by atoms with van der Waals surface area (Å²) >= 11 is 0. The van der Waals surface area contributed by atoms with E-state index in [9.17, 15) is 0 Å². The van der Waals surface area contributed by atoms with Crippen LogP contribution in [0.5, 0.6) is 0 Å². The third kappa shape index (κ3) is 4.79. The molecular weight excluding hydrogens is 761 g/mol. The molecule has 63 heavy (non-hydrogen) atoms. The minimum atomic E-state index is -0.273. The first-order valence-corrected chi connectivity index (χ1v) is 22.8. The zero-order chi connectivity index (χ0) is 42.2. The summed E-state index contributed by atoms with van der Waals surface area (Å²) in [6, 6.07) is 73.2. The maximum absolute atomic E-state index is 2.68. The van der Waals surface area contributed by atoms with Gasteiger partial charge in [-0.15, -0.1) is 0 Å². The first-order chi connectivity index (χ1) is 30.9. The van der Waals surface area contributed by atoms with Crippen molar-refractivity contribution < 1.29 is 0 Å². The highest BCUT2D eigenvalue weighted by atomic mass is 15.3. The Morgan fingerprint density at radius 2 is 0.667 bits per heavy atom. The highest BCUT2D eigenvalue weighted by Gasteiger charge is 2.59. The van der Waals surface area contributed by atoms with Crippen LogP contribution in [0.25, 0.3) is 54.2 Å². The van der Waals surface area contributed by atoms with Crippen molar-refractivity contribution in [1.82, 2.24) is 0 Å². The van der Waals surface area contributed by atoms with Crippen molar-refractivity contribution in [2.24, 2.45) is 0 Å². The van der Waals surface area contributed by atoms with Gasteiger partial charge >= 0.3 is 0 Å². The number of fused-ring (bicyclic) bond motifs is 11. The largest absolute Gasteiger partial charge is 0.326 e. The van der Waals surface area contributed by atoms with Gasteiger partial charge in [0.15, 0.2) is 0 Å². The lowest BCUT2D eigenvalue weighted by Crippen LogP contribution is -2.32. The normalized spacial score (nSPS) is 18.5. The molecule has 302 valence electrons. The van der Waals surface area contributed by atoms with Crippen LogP contribution < -0.4 is 9.80 Å². The van der Waals surface area contributed by atoms with Gasteiger partial charge in [-0.1, -0.05) is 173 Å². The van der Waals surface area contributed by atoms with Crippen molar-refractivity contribution in [1.29, 1.82) is 0 Å². The van der Waals surface area contributed by atoms with Crippen LogP contribution in [0.4, 0.5) is 22.7 Å². The van der Waals surface area contributed by atoms with Gasteiger partial charge in [-0.3, -0.25) is 0 Å². The molecule has 0 spiro atoms. The minimum absolute atomic E-state index is 0.167. The van der Waals surface area contributed by atoms with E-state index < -0.39 is 0 Å². The number of hydrogen-bond donors (Lipinski definition) is 0. The second-order valence-corrected chi connectivity index (χ2v) is 18.6. The lowest BCUT2D eigenvalue weighted by Gasteiger charge is -2.36. The van der Waals surface area contributed by atoms with Crippen molar-refractivity contribution in [2.75, 3.05) is 9.80 Å². The molecule has 10 aromatic rings. The number of benzene rings is 10. The molecule has 2 heteroatoms. The summed E-state index contributed by atoms with van der Waals surface area (Å²) < 4.78 is 0. The molecule has 3 aliphatic carbocycles. The standard InChI is InChI=1S/C61H48N2/c1-5-60(62(41-23-9-7-10-24-41)57-33-39-21-13-15-27-43(39)45-29-17-19-31-47(45)57)53-35-49-50-36-54-56(38-52(50)59(3,4)51(49)37-55(53)60)61(54,6-2)63(42-25-11-8-12-26-42)58-34-40-22-14-16-28-44(40)46-30-18-20-32-48(46)58/h7-38H,5-6H2,1-4H3. The van der Waals surface area contributed by atoms with Gasteiger partial charge in [0.25, 0.3) is 0 Å². The van der Waals surface area contributed by atoms with E-state index >= 15 is 0 Å². The lowest BCUT2D eigenvalue weighted by molar-refractivity contribution is 0.608. The fraction of sp³-hybridized carbons (Fsp3) is 0.148. The zero-order valence-electron chi connectivity index (χ0n) is 36.3. The molecule has 0 saturated carbocycles. The topological polar surface area (TPSA) is 6.48 Å². The molecule has 2 atom stereocenters. The number of hydrogen-bond acceptors (Lipinski definition) is 2. The Bertz CT molecular complexity index is 3300. The second kappa shape index (κ2) is 12.9. The summed E-state index contributed by atoms with van der Waals surface area (Å²) in [6.45, 7) is 9.68. The Balaban J connectivity index is 0.990. The van der Waals surface area contributed by atoms with E-state index in [-0.39, 0.29) is 16.5 Å². The number of rotatable bonds is 8. The summed E-state index contributed by atoms with van der Waals surface area (Å²) in [4.78, 5) is 5.35. The maximum atomic E-state index is 2.68. The Labute approximate surface area is 369 Å². The van der Waals surface area contributed by atoms with E-state index in [0.717, 1.165) is 12.8 Å². The van der Waals surface area contributed by atoms with Gasteiger partial charge in [0.1, 0.15) is 0 Å². The van der Waals surface area contributed by atoms with Crippen molar-refractivity contribution in [3.8, 4) is 11.1 Å². The van der Waals surface area contributed by atoms with Gasteiger partial charge < -0.3 is 9.80 Å². The molecule has 2 nitrogen and oxygen atoms in total. The molecule has 0 heterocycles. The molecule has 0 fully saturated rings. The van der Waals surface area contributed by atoms with Gasteiger partial charge in [-0.2, -0.15) is 0 Å². The van der Waals surface area contributed by atoms with Crippen LogP contribution in [-0.2, 0) is 16.5 Å². The molecule has 0 aromatic heterocycles. The number of nitrogens with zero attached hydrogens (tertiary/aromatic N) is 2. The Kier molecular flexibility index (Phi) is 7.49. The smallest absolute Gasteiger partial charge is 0.0960 e. The van der Waals surface area contributed by atoms with Crippen LogP contribution in [0.1, 0.15) is 73.9 Å². The Hall–Kier alpha value is -7.16. The number of anilines is 4. The molecular formula is C61H48N2. The van der Waals surface area contributed by atoms with Crippen molar-refractivity contribution in [3.05, 3.63) is 228 Å². The van der Waals surface area contributed by atoms with Crippen LogP contribution in [0.15, 0.2) is 194 Å². The Morgan fingerprint density at radius 1 is 0.333 bits per heavy atom. The average Bonchev–Trinajstić information content (AvgIpc) is 4.18. The fourth-order valence-electron chi connectivity index (χ4n) is 12.3. The van der Waals surface area contributed by atoms with Crippen LogP contribution in [0.3, 0.4) is 0 Å². The molecule has 0 aliphatic heterocycles. The minimum Gasteiger partial charge on any atom is -0.326 e. The SMILES string of the molecule is CCC1(N(c2ccccc2)c2cc3ccccc3c3ccccc23)c2cc3c(cc21)C(C)(C)c1cc2c(cc1-3)C2(CC)N(c1ccccc1)c1cc2ccccc2c2ccccc12. The Morgan fingerprint density at radius 3 is 1.06 bits per heavy atom.